The molecular weight excluding hydrogens is 657 g/mol. The standard InChI is InChI=1S/C38H28F5N3O2S/c39-32-9-5-6-28(37(32)40)24-49-36-20-34(47)31-8-1-2-10-33(31)46(36)23-35(48)45(22-30-7-3-4-19-44-30)21-25-11-13-26(14-12-25)27-15-17-29(18-16-27)38(41,42)43/h1-20H,21-24H2. The molecule has 1 amide bonds. The highest BCUT2D eigenvalue weighted by Crippen LogP contribution is 2.31. The summed E-state index contributed by atoms with van der Waals surface area (Å²) in [7, 11) is 0. The molecule has 0 aliphatic rings. The maximum atomic E-state index is 14.5. The van der Waals surface area contributed by atoms with Crippen molar-refractivity contribution in [2.24, 2.45) is 0 Å². The van der Waals surface area contributed by atoms with E-state index in [0.29, 0.717) is 27.2 Å². The second-order valence-electron chi connectivity index (χ2n) is 11.3. The van der Waals surface area contributed by atoms with Gasteiger partial charge in [0.05, 0.1) is 28.3 Å². The van der Waals surface area contributed by atoms with Gasteiger partial charge >= 0.3 is 6.18 Å². The van der Waals surface area contributed by atoms with Gasteiger partial charge in [0.2, 0.25) is 5.91 Å². The molecule has 0 bridgehead atoms. The lowest BCUT2D eigenvalue weighted by Crippen LogP contribution is -2.34. The van der Waals surface area contributed by atoms with Crippen molar-refractivity contribution in [3.63, 3.8) is 0 Å². The molecule has 11 heteroatoms. The van der Waals surface area contributed by atoms with Gasteiger partial charge in [-0.15, -0.1) is 11.8 Å². The Labute approximate surface area is 282 Å². The Kier molecular flexibility index (Phi) is 9.91. The molecule has 6 aromatic rings. The Morgan fingerprint density at radius 1 is 0.796 bits per heavy atom. The molecule has 0 saturated carbocycles. The third-order valence-corrected chi connectivity index (χ3v) is 9.08. The molecule has 0 atom stereocenters. The van der Waals surface area contributed by atoms with Gasteiger partial charge in [-0.2, -0.15) is 13.2 Å². The number of benzene rings is 4. The molecule has 6 rings (SSSR count). The maximum absolute atomic E-state index is 14.5. The summed E-state index contributed by atoms with van der Waals surface area (Å²) in [5.74, 6) is -2.20. The molecule has 49 heavy (non-hydrogen) atoms. The zero-order valence-corrected chi connectivity index (χ0v) is 26.6. The summed E-state index contributed by atoms with van der Waals surface area (Å²) in [6.07, 6.45) is -2.79. The van der Waals surface area contributed by atoms with Crippen molar-refractivity contribution in [2.45, 2.75) is 36.6 Å². The number of rotatable bonds is 10. The second kappa shape index (κ2) is 14.4. The molecule has 0 saturated heterocycles. The van der Waals surface area contributed by atoms with E-state index in [4.69, 9.17) is 0 Å². The van der Waals surface area contributed by atoms with Crippen LogP contribution in [0, 0.1) is 11.6 Å². The smallest absolute Gasteiger partial charge is 0.331 e. The summed E-state index contributed by atoms with van der Waals surface area (Å²) in [6, 6.07) is 29.7. The number of hydrogen-bond acceptors (Lipinski definition) is 4. The third-order valence-electron chi connectivity index (χ3n) is 7.99. The summed E-state index contributed by atoms with van der Waals surface area (Å²) in [5, 5.41) is 0.825. The van der Waals surface area contributed by atoms with Gasteiger partial charge in [0, 0.05) is 35.5 Å². The predicted octanol–water partition coefficient (Wildman–Crippen LogP) is 8.88. The molecule has 0 radical (unpaired) electrons. The summed E-state index contributed by atoms with van der Waals surface area (Å²) in [5.41, 5.74) is 2.42. The van der Waals surface area contributed by atoms with E-state index in [-0.39, 0.29) is 42.3 Å². The summed E-state index contributed by atoms with van der Waals surface area (Å²) in [4.78, 5) is 33.2. The average Bonchev–Trinajstić information content (AvgIpc) is 3.10. The number of amides is 1. The minimum Gasteiger partial charge on any atom is -0.331 e. The maximum Gasteiger partial charge on any atom is 0.416 e. The van der Waals surface area contributed by atoms with E-state index in [2.05, 4.69) is 4.98 Å². The van der Waals surface area contributed by atoms with Crippen LogP contribution in [0.1, 0.15) is 22.4 Å². The molecular formula is C38H28F5N3O2S. The molecule has 4 aromatic carbocycles. The van der Waals surface area contributed by atoms with E-state index in [1.807, 2.05) is 18.2 Å². The molecule has 0 spiro atoms. The van der Waals surface area contributed by atoms with Crippen LogP contribution in [0.15, 0.2) is 131 Å². The van der Waals surface area contributed by atoms with E-state index in [1.54, 1.807) is 64.2 Å². The first kappa shape index (κ1) is 33.6. The molecule has 0 aliphatic heterocycles. The molecule has 248 valence electrons. The van der Waals surface area contributed by atoms with Crippen molar-refractivity contribution >= 4 is 28.6 Å². The van der Waals surface area contributed by atoms with Crippen LogP contribution in [0.5, 0.6) is 0 Å². The predicted molar refractivity (Wildman–Crippen MR) is 179 cm³/mol. The summed E-state index contributed by atoms with van der Waals surface area (Å²) in [6.45, 7) is 0.207. The van der Waals surface area contributed by atoms with Gasteiger partial charge in [-0.25, -0.2) is 8.78 Å². The van der Waals surface area contributed by atoms with Gasteiger partial charge in [0.25, 0.3) is 0 Å². The summed E-state index contributed by atoms with van der Waals surface area (Å²) >= 11 is 1.13. The number of thioether (sulfide) groups is 1. The number of carbonyl (C=O) groups excluding carboxylic acids is 1. The van der Waals surface area contributed by atoms with Gasteiger partial charge in [-0.1, -0.05) is 66.7 Å². The fourth-order valence-corrected chi connectivity index (χ4v) is 6.46. The topological polar surface area (TPSA) is 55.2 Å². The van der Waals surface area contributed by atoms with Crippen molar-refractivity contribution in [3.05, 3.63) is 166 Å². The van der Waals surface area contributed by atoms with Gasteiger partial charge in [-0.3, -0.25) is 14.6 Å². The van der Waals surface area contributed by atoms with Crippen molar-refractivity contribution in [1.82, 2.24) is 14.5 Å². The molecule has 2 heterocycles. The normalized spacial score (nSPS) is 11.5. The minimum absolute atomic E-state index is 0.0263. The summed E-state index contributed by atoms with van der Waals surface area (Å²) < 4.78 is 69.2. The number of halogens is 5. The number of aromatic nitrogens is 2. The van der Waals surface area contributed by atoms with E-state index in [0.717, 1.165) is 41.1 Å². The Hall–Kier alpha value is -5.29. The van der Waals surface area contributed by atoms with Crippen molar-refractivity contribution in [3.8, 4) is 11.1 Å². The van der Waals surface area contributed by atoms with E-state index in [1.165, 1.54) is 30.3 Å². The first-order valence-corrected chi connectivity index (χ1v) is 16.2. The highest BCUT2D eigenvalue weighted by Gasteiger charge is 2.30. The minimum atomic E-state index is -4.42. The molecule has 2 aromatic heterocycles. The number of nitrogens with zero attached hydrogens (tertiary/aromatic N) is 3. The number of para-hydroxylation sites is 1. The van der Waals surface area contributed by atoms with E-state index in [9.17, 15) is 31.5 Å². The van der Waals surface area contributed by atoms with Gasteiger partial charge in [0.15, 0.2) is 17.1 Å². The largest absolute Gasteiger partial charge is 0.416 e. The zero-order chi connectivity index (χ0) is 34.5. The van der Waals surface area contributed by atoms with Gasteiger partial charge in [0.1, 0.15) is 6.54 Å². The van der Waals surface area contributed by atoms with Crippen LogP contribution in [0.25, 0.3) is 22.0 Å². The Morgan fingerprint density at radius 3 is 2.18 bits per heavy atom. The molecule has 0 fully saturated rings. The Morgan fingerprint density at radius 2 is 1.49 bits per heavy atom. The van der Waals surface area contributed by atoms with Crippen LogP contribution in [-0.4, -0.2) is 20.4 Å². The first-order chi connectivity index (χ1) is 23.6. The van der Waals surface area contributed by atoms with Crippen molar-refractivity contribution in [1.29, 1.82) is 0 Å². The lowest BCUT2D eigenvalue weighted by atomic mass is 10.0. The number of alkyl halides is 3. The monoisotopic (exact) mass is 685 g/mol. The van der Waals surface area contributed by atoms with Gasteiger partial charge in [-0.05, 0) is 59.2 Å². The first-order valence-electron chi connectivity index (χ1n) is 15.2. The lowest BCUT2D eigenvalue weighted by molar-refractivity contribution is -0.137. The number of pyridine rings is 2. The number of carbonyl (C=O) groups is 1. The SMILES string of the molecule is O=C(Cn1c(SCc2cccc(F)c2F)cc(=O)c2ccccc21)N(Cc1ccc(-c2ccc(C(F)(F)F)cc2)cc1)Cc1ccccn1. The molecule has 0 unspecified atom stereocenters. The van der Waals surface area contributed by atoms with Crippen LogP contribution in [0.4, 0.5) is 22.0 Å². The fraction of sp³-hybridized carbons (Fsp3) is 0.132. The van der Waals surface area contributed by atoms with Crippen LogP contribution in [0.2, 0.25) is 0 Å². The molecule has 0 N–H and O–H groups in total. The Bertz CT molecular complexity index is 2150. The van der Waals surface area contributed by atoms with Crippen LogP contribution in [0.3, 0.4) is 0 Å². The highest BCUT2D eigenvalue weighted by molar-refractivity contribution is 7.98. The van der Waals surface area contributed by atoms with Gasteiger partial charge < -0.3 is 9.47 Å². The Balaban J connectivity index is 1.29. The third kappa shape index (κ3) is 7.89. The highest BCUT2D eigenvalue weighted by atomic mass is 32.2. The number of fused-ring (bicyclic) bond motifs is 1. The lowest BCUT2D eigenvalue weighted by Gasteiger charge is -2.25. The average molecular weight is 686 g/mol. The van der Waals surface area contributed by atoms with E-state index >= 15 is 0 Å². The van der Waals surface area contributed by atoms with Crippen LogP contribution < -0.4 is 5.43 Å². The second-order valence-corrected chi connectivity index (χ2v) is 12.3. The molecule has 5 nitrogen and oxygen atoms in total. The van der Waals surface area contributed by atoms with Crippen molar-refractivity contribution in [2.75, 3.05) is 0 Å². The van der Waals surface area contributed by atoms with Crippen LogP contribution in [-0.2, 0) is 36.4 Å². The van der Waals surface area contributed by atoms with Crippen LogP contribution >= 0.6 is 11.8 Å². The zero-order valence-electron chi connectivity index (χ0n) is 25.8. The quantitative estimate of drug-likeness (QED) is 0.107. The fourth-order valence-electron chi connectivity index (χ4n) is 5.43. The number of hydrogen-bond donors (Lipinski definition) is 0. The molecule has 0 aliphatic carbocycles. The van der Waals surface area contributed by atoms with Crippen molar-refractivity contribution < 1.29 is 26.7 Å². The van der Waals surface area contributed by atoms with E-state index < -0.39 is 23.4 Å².